The first-order chi connectivity index (χ1) is 8.70. The van der Waals surface area contributed by atoms with E-state index in [9.17, 15) is 4.79 Å². The zero-order valence-corrected chi connectivity index (χ0v) is 11.0. The van der Waals surface area contributed by atoms with Crippen LogP contribution in [0.5, 0.6) is 0 Å². The quantitative estimate of drug-likeness (QED) is 0.855. The second kappa shape index (κ2) is 6.01. The first-order valence-corrected chi connectivity index (χ1v) is 6.83. The fraction of sp³-hybridized carbons (Fsp3) is 0.533. The first kappa shape index (κ1) is 13.1. The second-order valence-corrected chi connectivity index (χ2v) is 5.12. The SMILES string of the molecule is CCc1ccc(C(=O)NCC2CCCC2N)cc1. The van der Waals surface area contributed by atoms with Crippen LogP contribution < -0.4 is 11.1 Å². The zero-order chi connectivity index (χ0) is 13.0. The van der Waals surface area contributed by atoms with E-state index in [4.69, 9.17) is 5.73 Å². The number of aryl methyl sites for hydroxylation is 1. The second-order valence-electron chi connectivity index (χ2n) is 5.12. The van der Waals surface area contributed by atoms with Gasteiger partial charge < -0.3 is 11.1 Å². The predicted octanol–water partition coefficient (Wildman–Crippen LogP) is 2.11. The van der Waals surface area contributed by atoms with E-state index in [1.165, 1.54) is 12.0 Å². The van der Waals surface area contributed by atoms with Crippen LogP contribution in [0, 0.1) is 5.92 Å². The number of hydrogen-bond donors (Lipinski definition) is 2. The lowest BCUT2D eigenvalue weighted by Gasteiger charge is -2.15. The molecule has 1 aliphatic carbocycles. The normalized spacial score (nSPS) is 23.0. The Morgan fingerprint density at radius 2 is 2.06 bits per heavy atom. The van der Waals surface area contributed by atoms with Crippen LogP contribution >= 0.6 is 0 Å². The Hall–Kier alpha value is -1.35. The van der Waals surface area contributed by atoms with Crippen molar-refractivity contribution in [3.63, 3.8) is 0 Å². The first-order valence-electron chi connectivity index (χ1n) is 6.83. The minimum Gasteiger partial charge on any atom is -0.352 e. The maximum Gasteiger partial charge on any atom is 0.251 e. The van der Waals surface area contributed by atoms with Gasteiger partial charge in [0.15, 0.2) is 0 Å². The Labute approximate surface area is 109 Å². The highest BCUT2D eigenvalue weighted by molar-refractivity contribution is 5.94. The fourth-order valence-corrected chi connectivity index (χ4v) is 2.54. The van der Waals surface area contributed by atoms with Crippen molar-refractivity contribution in [3.8, 4) is 0 Å². The summed E-state index contributed by atoms with van der Waals surface area (Å²) in [7, 11) is 0. The Bertz CT molecular complexity index is 399. The average molecular weight is 246 g/mol. The van der Waals surface area contributed by atoms with Gasteiger partial charge in [-0.15, -0.1) is 0 Å². The number of carbonyl (C=O) groups excluding carboxylic acids is 1. The maximum absolute atomic E-state index is 12.0. The van der Waals surface area contributed by atoms with E-state index in [1.807, 2.05) is 24.3 Å². The van der Waals surface area contributed by atoms with Gasteiger partial charge in [-0.1, -0.05) is 25.5 Å². The standard InChI is InChI=1S/C15H22N2O/c1-2-11-6-8-12(9-7-11)15(18)17-10-13-4-3-5-14(13)16/h6-9,13-14H,2-5,10,16H2,1H3,(H,17,18). The molecule has 0 heterocycles. The molecule has 1 amide bonds. The van der Waals surface area contributed by atoms with Gasteiger partial charge in [-0.05, 0) is 42.9 Å². The van der Waals surface area contributed by atoms with E-state index >= 15 is 0 Å². The van der Waals surface area contributed by atoms with Gasteiger partial charge >= 0.3 is 0 Å². The monoisotopic (exact) mass is 246 g/mol. The molecule has 2 atom stereocenters. The van der Waals surface area contributed by atoms with Crippen molar-refractivity contribution in [1.29, 1.82) is 0 Å². The lowest BCUT2D eigenvalue weighted by molar-refractivity contribution is 0.0946. The number of hydrogen-bond acceptors (Lipinski definition) is 2. The number of nitrogens with two attached hydrogens (primary N) is 1. The zero-order valence-electron chi connectivity index (χ0n) is 11.0. The van der Waals surface area contributed by atoms with Crippen LogP contribution in [0.3, 0.4) is 0 Å². The number of carbonyl (C=O) groups is 1. The summed E-state index contributed by atoms with van der Waals surface area (Å²) in [5.41, 5.74) is 7.98. The fourth-order valence-electron chi connectivity index (χ4n) is 2.54. The molecule has 1 saturated carbocycles. The largest absolute Gasteiger partial charge is 0.352 e. The number of benzene rings is 1. The lowest BCUT2D eigenvalue weighted by Crippen LogP contribution is -2.35. The molecule has 0 bridgehead atoms. The van der Waals surface area contributed by atoms with Crippen LogP contribution in [0.25, 0.3) is 0 Å². The van der Waals surface area contributed by atoms with E-state index in [2.05, 4.69) is 12.2 Å². The van der Waals surface area contributed by atoms with Gasteiger partial charge in [0.25, 0.3) is 5.91 Å². The Kier molecular flexibility index (Phi) is 4.37. The number of rotatable bonds is 4. The molecule has 2 rings (SSSR count). The average Bonchev–Trinajstić information content (AvgIpc) is 2.81. The summed E-state index contributed by atoms with van der Waals surface area (Å²) in [5.74, 6) is 0.459. The van der Waals surface area contributed by atoms with Gasteiger partial charge in [-0.2, -0.15) is 0 Å². The molecule has 2 unspecified atom stereocenters. The van der Waals surface area contributed by atoms with Crippen LogP contribution in [0.2, 0.25) is 0 Å². The summed E-state index contributed by atoms with van der Waals surface area (Å²) in [6.07, 6.45) is 4.41. The topological polar surface area (TPSA) is 55.1 Å². The van der Waals surface area contributed by atoms with Gasteiger partial charge in [0.2, 0.25) is 0 Å². The van der Waals surface area contributed by atoms with Crippen molar-refractivity contribution in [3.05, 3.63) is 35.4 Å². The molecule has 3 heteroatoms. The Balaban J connectivity index is 1.87. The highest BCUT2D eigenvalue weighted by Gasteiger charge is 2.24. The van der Waals surface area contributed by atoms with Crippen LogP contribution in [-0.4, -0.2) is 18.5 Å². The molecule has 1 fully saturated rings. The summed E-state index contributed by atoms with van der Waals surface area (Å²) < 4.78 is 0. The molecule has 3 nitrogen and oxygen atoms in total. The van der Waals surface area contributed by atoms with Crippen LogP contribution in [0.4, 0.5) is 0 Å². The third-order valence-corrected chi connectivity index (χ3v) is 3.87. The molecule has 1 aromatic rings. The third kappa shape index (κ3) is 3.10. The van der Waals surface area contributed by atoms with Gasteiger partial charge in [-0.25, -0.2) is 0 Å². The van der Waals surface area contributed by atoms with Crippen molar-refractivity contribution in [1.82, 2.24) is 5.32 Å². The van der Waals surface area contributed by atoms with Crippen LogP contribution in [-0.2, 0) is 6.42 Å². The molecule has 0 aromatic heterocycles. The van der Waals surface area contributed by atoms with Crippen molar-refractivity contribution >= 4 is 5.91 Å². The molecule has 0 radical (unpaired) electrons. The van der Waals surface area contributed by atoms with Gasteiger partial charge in [0, 0.05) is 18.2 Å². The minimum atomic E-state index is 0.0109. The molecule has 0 aliphatic heterocycles. The van der Waals surface area contributed by atoms with Crippen molar-refractivity contribution in [2.45, 2.75) is 38.6 Å². The summed E-state index contributed by atoms with van der Waals surface area (Å²) in [6.45, 7) is 2.81. The van der Waals surface area contributed by atoms with E-state index < -0.39 is 0 Å². The van der Waals surface area contributed by atoms with Crippen molar-refractivity contribution in [2.75, 3.05) is 6.54 Å². The molecule has 1 aliphatic rings. The molecule has 0 saturated heterocycles. The highest BCUT2D eigenvalue weighted by Crippen LogP contribution is 2.23. The van der Waals surface area contributed by atoms with E-state index in [0.717, 1.165) is 24.8 Å². The maximum atomic E-state index is 12.0. The van der Waals surface area contributed by atoms with Gasteiger partial charge in [0.1, 0.15) is 0 Å². The van der Waals surface area contributed by atoms with Gasteiger partial charge in [0.05, 0.1) is 0 Å². The molecule has 3 N–H and O–H groups in total. The van der Waals surface area contributed by atoms with Gasteiger partial charge in [-0.3, -0.25) is 4.79 Å². The smallest absolute Gasteiger partial charge is 0.251 e. The highest BCUT2D eigenvalue weighted by atomic mass is 16.1. The summed E-state index contributed by atoms with van der Waals surface area (Å²) >= 11 is 0. The Morgan fingerprint density at radius 3 is 2.61 bits per heavy atom. The summed E-state index contributed by atoms with van der Waals surface area (Å²) in [5, 5.41) is 2.99. The molecule has 0 spiro atoms. The van der Waals surface area contributed by atoms with Crippen LogP contribution in [0.15, 0.2) is 24.3 Å². The molecular weight excluding hydrogens is 224 g/mol. The third-order valence-electron chi connectivity index (χ3n) is 3.87. The minimum absolute atomic E-state index is 0.0109. The molecule has 98 valence electrons. The molecule has 1 aromatic carbocycles. The van der Waals surface area contributed by atoms with E-state index in [0.29, 0.717) is 12.5 Å². The van der Waals surface area contributed by atoms with Crippen molar-refractivity contribution in [2.24, 2.45) is 11.7 Å². The lowest BCUT2D eigenvalue weighted by atomic mass is 10.0. The molecule has 18 heavy (non-hydrogen) atoms. The predicted molar refractivity (Wildman–Crippen MR) is 73.5 cm³/mol. The van der Waals surface area contributed by atoms with E-state index in [1.54, 1.807) is 0 Å². The van der Waals surface area contributed by atoms with Crippen molar-refractivity contribution < 1.29 is 4.79 Å². The number of amides is 1. The summed E-state index contributed by atoms with van der Waals surface area (Å²) in [6, 6.07) is 8.06. The van der Waals surface area contributed by atoms with Crippen LogP contribution in [0.1, 0.15) is 42.1 Å². The molecular formula is C15H22N2O. The van der Waals surface area contributed by atoms with E-state index in [-0.39, 0.29) is 11.9 Å². The summed E-state index contributed by atoms with van der Waals surface area (Å²) in [4.78, 5) is 12.0. The number of nitrogens with one attached hydrogen (secondary N) is 1. The Morgan fingerprint density at radius 1 is 1.33 bits per heavy atom.